The predicted octanol–water partition coefficient (Wildman–Crippen LogP) is 5.54. The number of rotatable bonds is 6. The zero-order valence-electron chi connectivity index (χ0n) is 15.0. The molecule has 0 radical (unpaired) electrons. The van der Waals surface area contributed by atoms with Gasteiger partial charge in [-0.15, -0.1) is 0 Å². The average molecular weight is 361 g/mol. The van der Waals surface area contributed by atoms with Gasteiger partial charge in [-0.05, 0) is 38.1 Å². The lowest BCUT2D eigenvalue weighted by Gasteiger charge is -2.13. The summed E-state index contributed by atoms with van der Waals surface area (Å²) in [5, 5.41) is 9.55. The van der Waals surface area contributed by atoms with Crippen LogP contribution in [0.25, 0.3) is 5.57 Å². The van der Waals surface area contributed by atoms with E-state index in [4.69, 9.17) is 9.47 Å². The number of para-hydroxylation sites is 2. The Balaban J connectivity index is 1.90. The molecule has 3 rings (SSSR count). The number of carboxylic acids is 1. The molecule has 0 aliphatic heterocycles. The van der Waals surface area contributed by atoms with E-state index >= 15 is 0 Å². The van der Waals surface area contributed by atoms with E-state index in [1.165, 1.54) is 0 Å². The largest absolute Gasteiger partial charge is 0.478 e. The Morgan fingerprint density at radius 2 is 1.59 bits per heavy atom. The fourth-order valence-corrected chi connectivity index (χ4v) is 2.61. The fraction of sp³-hybridized carbons (Fsp3) is 0.0909. The van der Waals surface area contributed by atoms with Crippen LogP contribution in [0.15, 0.2) is 78.5 Å². The van der Waals surface area contributed by atoms with Crippen LogP contribution in [0, 0.1) is 0 Å². The molecule has 0 atom stereocenters. The number of benzene rings is 2. The Morgan fingerprint density at radius 1 is 0.889 bits per heavy atom. The lowest BCUT2D eigenvalue weighted by molar-refractivity contribution is -0.130. The first-order chi connectivity index (χ1) is 13.0. The quantitative estimate of drug-likeness (QED) is 0.583. The van der Waals surface area contributed by atoms with Crippen molar-refractivity contribution < 1.29 is 19.4 Å². The molecule has 0 spiro atoms. The van der Waals surface area contributed by atoms with Gasteiger partial charge in [-0.25, -0.2) is 9.78 Å². The lowest BCUT2D eigenvalue weighted by atomic mass is 10.0. The number of pyridine rings is 1. The zero-order chi connectivity index (χ0) is 19.2. The van der Waals surface area contributed by atoms with Crippen molar-refractivity contribution in [1.82, 2.24) is 4.98 Å². The third kappa shape index (κ3) is 4.52. The van der Waals surface area contributed by atoms with Gasteiger partial charge < -0.3 is 14.6 Å². The minimum absolute atomic E-state index is 0.210. The second-order valence-electron chi connectivity index (χ2n) is 6.02. The summed E-state index contributed by atoms with van der Waals surface area (Å²) in [5.41, 5.74) is 1.40. The van der Waals surface area contributed by atoms with E-state index < -0.39 is 5.97 Å². The third-order valence-electron chi connectivity index (χ3n) is 3.77. The van der Waals surface area contributed by atoms with Gasteiger partial charge in [0.15, 0.2) is 0 Å². The first kappa shape index (κ1) is 18.2. The molecule has 0 saturated heterocycles. The van der Waals surface area contributed by atoms with Crippen LogP contribution in [-0.2, 0) is 4.79 Å². The minimum Gasteiger partial charge on any atom is -0.478 e. The van der Waals surface area contributed by atoms with Gasteiger partial charge in [0.05, 0.1) is 5.57 Å². The number of hydrogen-bond acceptors (Lipinski definition) is 4. The highest BCUT2D eigenvalue weighted by molar-refractivity contribution is 6.17. The van der Waals surface area contributed by atoms with Gasteiger partial charge >= 0.3 is 5.97 Å². The molecule has 0 unspecified atom stereocenters. The summed E-state index contributed by atoms with van der Waals surface area (Å²) in [6.45, 7) is 3.51. The third-order valence-corrected chi connectivity index (χ3v) is 3.77. The number of carboxylic acid groups (broad SMARTS) is 1. The molecular formula is C22H19NO4. The van der Waals surface area contributed by atoms with Crippen molar-refractivity contribution in [2.45, 2.75) is 13.8 Å². The molecule has 0 amide bonds. The van der Waals surface area contributed by atoms with Crippen LogP contribution < -0.4 is 9.47 Å². The normalized spacial score (nSPS) is 10.1. The molecule has 0 saturated carbocycles. The first-order valence-corrected chi connectivity index (χ1v) is 8.41. The number of aromatic nitrogens is 1. The van der Waals surface area contributed by atoms with Gasteiger partial charge in [-0.2, -0.15) is 0 Å². The predicted molar refractivity (Wildman–Crippen MR) is 103 cm³/mol. The van der Waals surface area contributed by atoms with E-state index in [9.17, 15) is 9.90 Å². The summed E-state index contributed by atoms with van der Waals surface area (Å²) in [7, 11) is 0. The highest BCUT2D eigenvalue weighted by atomic mass is 16.5. The molecule has 0 bridgehead atoms. The summed E-state index contributed by atoms with van der Waals surface area (Å²) >= 11 is 0. The van der Waals surface area contributed by atoms with Crippen molar-refractivity contribution in [2.75, 3.05) is 0 Å². The van der Waals surface area contributed by atoms with Crippen LogP contribution in [0.5, 0.6) is 23.1 Å². The number of nitrogens with zero attached hydrogens (tertiary/aromatic N) is 1. The fourth-order valence-electron chi connectivity index (χ4n) is 2.61. The highest BCUT2D eigenvalue weighted by Gasteiger charge is 2.17. The molecule has 1 aromatic heterocycles. The number of allylic oxidation sites excluding steroid dienone is 1. The number of carbonyl (C=O) groups is 1. The molecule has 2 aromatic carbocycles. The molecule has 3 aromatic rings. The summed E-state index contributed by atoms with van der Waals surface area (Å²) in [6.07, 6.45) is 1.58. The van der Waals surface area contributed by atoms with E-state index in [0.29, 0.717) is 34.3 Å². The summed E-state index contributed by atoms with van der Waals surface area (Å²) in [4.78, 5) is 15.9. The van der Waals surface area contributed by atoms with Crippen LogP contribution in [0.1, 0.15) is 19.4 Å². The topological polar surface area (TPSA) is 68.7 Å². The van der Waals surface area contributed by atoms with Crippen molar-refractivity contribution >= 4 is 11.5 Å². The van der Waals surface area contributed by atoms with E-state index in [-0.39, 0.29) is 5.57 Å². The maximum absolute atomic E-state index is 11.7. The van der Waals surface area contributed by atoms with E-state index in [1.807, 2.05) is 30.3 Å². The Labute approximate surface area is 157 Å². The zero-order valence-corrected chi connectivity index (χ0v) is 15.0. The van der Waals surface area contributed by atoms with Crippen LogP contribution >= 0.6 is 0 Å². The van der Waals surface area contributed by atoms with E-state index in [0.717, 1.165) is 0 Å². The maximum atomic E-state index is 11.7. The van der Waals surface area contributed by atoms with Crippen molar-refractivity contribution in [3.05, 3.63) is 84.1 Å². The van der Waals surface area contributed by atoms with Gasteiger partial charge in [-0.1, -0.05) is 42.0 Å². The van der Waals surface area contributed by atoms with Crippen LogP contribution in [0.2, 0.25) is 0 Å². The van der Waals surface area contributed by atoms with Crippen molar-refractivity contribution in [2.24, 2.45) is 0 Å². The van der Waals surface area contributed by atoms with Crippen molar-refractivity contribution in [3.63, 3.8) is 0 Å². The Morgan fingerprint density at radius 3 is 2.30 bits per heavy atom. The molecule has 0 fully saturated rings. The minimum atomic E-state index is -1.000. The van der Waals surface area contributed by atoms with Gasteiger partial charge in [0, 0.05) is 17.8 Å². The molecule has 27 heavy (non-hydrogen) atoms. The smallest absolute Gasteiger partial charge is 0.336 e. The molecule has 5 heteroatoms. The Hall–Kier alpha value is -3.60. The number of hydrogen-bond donors (Lipinski definition) is 1. The number of aliphatic carboxylic acids is 1. The molecule has 0 aliphatic carbocycles. The number of ether oxygens (including phenoxy) is 2. The van der Waals surface area contributed by atoms with Crippen molar-refractivity contribution in [1.29, 1.82) is 0 Å². The second-order valence-corrected chi connectivity index (χ2v) is 6.02. The van der Waals surface area contributed by atoms with Crippen molar-refractivity contribution in [3.8, 4) is 23.1 Å². The summed E-state index contributed by atoms with van der Waals surface area (Å²) in [6, 6.07) is 19.8. The van der Waals surface area contributed by atoms with Crippen LogP contribution in [-0.4, -0.2) is 16.1 Å². The maximum Gasteiger partial charge on any atom is 0.336 e. The standard InChI is InChI=1S/C22H19NO4/c1-15(2)21(22(24)25)18-10-6-7-11-19(18)27-20-14-17(12-13-23-20)26-16-8-4-3-5-9-16/h3-14H,1-2H3,(H,24,25). The molecule has 136 valence electrons. The van der Waals surface area contributed by atoms with Crippen LogP contribution in [0.3, 0.4) is 0 Å². The monoisotopic (exact) mass is 361 g/mol. The first-order valence-electron chi connectivity index (χ1n) is 8.41. The molecule has 5 nitrogen and oxygen atoms in total. The highest BCUT2D eigenvalue weighted by Crippen LogP contribution is 2.32. The van der Waals surface area contributed by atoms with E-state index in [2.05, 4.69) is 4.98 Å². The summed E-state index contributed by atoms with van der Waals surface area (Å²) < 4.78 is 11.7. The van der Waals surface area contributed by atoms with Gasteiger partial charge in [0.2, 0.25) is 5.88 Å². The molecule has 1 heterocycles. The summed E-state index contributed by atoms with van der Waals surface area (Å²) in [5.74, 6) is 1.01. The Kier molecular flexibility index (Phi) is 5.52. The SMILES string of the molecule is CC(C)=C(C(=O)O)c1ccccc1Oc1cc(Oc2ccccc2)ccn1. The van der Waals surface area contributed by atoms with Crippen LogP contribution in [0.4, 0.5) is 0 Å². The van der Waals surface area contributed by atoms with E-state index in [1.54, 1.807) is 56.4 Å². The second kappa shape index (κ2) is 8.19. The van der Waals surface area contributed by atoms with Gasteiger partial charge in [0.1, 0.15) is 17.2 Å². The average Bonchev–Trinajstić information content (AvgIpc) is 2.64. The molecule has 0 aliphatic rings. The van der Waals surface area contributed by atoms with Gasteiger partial charge in [-0.3, -0.25) is 0 Å². The Bertz CT molecular complexity index is 976. The molecular weight excluding hydrogens is 342 g/mol. The lowest BCUT2D eigenvalue weighted by Crippen LogP contribution is -2.03. The molecule has 1 N–H and O–H groups in total. The van der Waals surface area contributed by atoms with Gasteiger partial charge in [0.25, 0.3) is 0 Å².